The molecule has 6 nitrogen and oxygen atoms in total. The molecule has 0 amide bonds. The summed E-state index contributed by atoms with van der Waals surface area (Å²) in [6, 6.07) is 9.53. The second-order valence-electron chi connectivity index (χ2n) is 3.04. The summed E-state index contributed by atoms with van der Waals surface area (Å²) in [5.74, 6) is 0.762. The van der Waals surface area contributed by atoms with E-state index in [1.807, 2.05) is 30.3 Å². The van der Waals surface area contributed by atoms with Crippen molar-refractivity contribution in [2.45, 2.75) is 0 Å². The van der Waals surface area contributed by atoms with Crippen molar-refractivity contribution in [1.82, 2.24) is 15.2 Å². The van der Waals surface area contributed by atoms with Crippen molar-refractivity contribution in [3.63, 3.8) is 0 Å². The molecule has 80 valence electrons. The summed E-state index contributed by atoms with van der Waals surface area (Å²) >= 11 is 0. The van der Waals surface area contributed by atoms with Gasteiger partial charge in [0.25, 0.3) is 0 Å². The molecule has 0 aliphatic heterocycles. The van der Waals surface area contributed by atoms with Crippen LogP contribution in [-0.4, -0.2) is 21.1 Å². The summed E-state index contributed by atoms with van der Waals surface area (Å²) in [5.41, 5.74) is 11.3. The minimum Gasteiger partial charge on any atom is -0.370 e. The van der Waals surface area contributed by atoms with Crippen LogP contribution in [0.1, 0.15) is 0 Å². The molecule has 16 heavy (non-hydrogen) atoms. The van der Waals surface area contributed by atoms with Crippen molar-refractivity contribution in [2.75, 3.05) is 0 Å². The Labute approximate surface area is 92.1 Å². The van der Waals surface area contributed by atoms with Gasteiger partial charge in [0.1, 0.15) is 0 Å². The molecular formula is C10H10N6. The molecule has 0 radical (unpaired) electrons. The maximum Gasteiger partial charge on any atom is 0.196 e. The zero-order valence-electron chi connectivity index (χ0n) is 8.41. The Hall–Kier alpha value is -2.50. The van der Waals surface area contributed by atoms with Gasteiger partial charge in [-0.1, -0.05) is 30.3 Å². The van der Waals surface area contributed by atoms with Crippen LogP contribution in [0.4, 0.5) is 5.82 Å². The fraction of sp³-hybridized carbons (Fsp3) is 0. The highest BCUT2D eigenvalue weighted by atomic mass is 15.2. The van der Waals surface area contributed by atoms with Gasteiger partial charge in [0.2, 0.25) is 0 Å². The first-order valence-electron chi connectivity index (χ1n) is 4.60. The Morgan fingerprint density at radius 3 is 2.38 bits per heavy atom. The number of nitrogens with two attached hydrogens (primary N) is 2. The Kier molecular flexibility index (Phi) is 2.73. The van der Waals surface area contributed by atoms with Gasteiger partial charge in [0, 0.05) is 5.56 Å². The summed E-state index contributed by atoms with van der Waals surface area (Å²) in [5, 5.41) is 7.76. The number of benzene rings is 1. The molecule has 0 atom stereocenters. The average Bonchev–Trinajstić information content (AvgIpc) is 2.30. The van der Waals surface area contributed by atoms with Gasteiger partial charge in [-0.05, 0) is 0 Å². The Morgan fingerprint density at radius 1 is 1.06 bits per heavy atom. The van der Waals surface area contributed by atoms with Gasteiger partial charge in [-0.3, -0.25) is 0 Å². The number of aromatic nitrogens is 3. The summed E-state index contributed by atoms with van der Waals surface area (Å²) in [6.07, 6.45) is 1.47. The lowest BCUT2D eigenvalue weighted by atomic mass is 10.2. The standard InChI is InChI=1S/C10H10N6/c11-10(12)14-8-6-13-9(16-15-8)7-4-2-1-3-5-7/h1-6H,(H4,11,12,14,15). The molecule has 0 bridgehead atoms. The van der Waals surface area contributed by atoms with Crippen molar-refractivity contribution in [3.8, 4) is 11.4 Å². The molecule has 1 heterocycles. The third-order valence-electron chi connectivity index (χ3n) is 1.83. The van der Waals surface area contributed by atoms with Crippen molar-refractivity contribution < 1.29 is 0 Å². The molecule has 2 aromatic rings. The lowest BCUT2D eigenvalue weighted by Gasteiger charge is -1.98. The molecule has 4 N–H and O–H groups in total. The van der Waals surface area contributed by atoms with Crippen LogP contribution in [0, 0.1) is 0 Å². The third kappa shape index (κ3) is 2.30. The number of hydrogen-bond donors (Lipinski definition) is 2. The van der Waals surface area contributed by atoms with Crippen LogP contribution in [0.25, 0.3) is 11.4 Å². The molecule has 2 rings (SSSR count). The molecule has 0 fully saturated rings. The number of aliphatic imine (C=N–C) groups is 1. The zero-order valence-corrected chi connectivity index (χ0v) is 8.41. The van der Waals surface area contributed by atoms with E-state index in [0.717, 1.165) is 5.56 Å². The monoisotopic (exact) mass is 214 g/mol. The van der Waals surface area contributed by atoms with E-state index in [1.165, 1.54) is 6.20 Å². The molecule has 0 unspecified atom stereocenters. The van der Waals surface area contributed by atoms with Crippen LogP contribution >= 0.6 is 0 Å². The minimum atomic E-state index is -0.0661. The summed E-state index contributed by atoms with van der Waals surface area (Å²) < 4.78 is 0. The highest BCUT2D eigenvalue weighted by molar-refractivity contribution is 5.78. The second kappa shape index (κ2) is 4.35. The van der Waals surface area contributed by atoms with Gasteiger partial charge in [-0.25, -0.2) is 4.98 Å². The molecule has 1 aromatic carbocycles. The molecule has 0 spiro atoms. The van der Waals surface area contributed by atoms with Crippen LogP contribution in [0.5, 0.6) is 0 Å². The smallest absolute Gasteiger partial charge is 0.196 e. The maximum absolute atomic E-state index is 5.21. The average molecular weight is 214 g/mol. The van der Waals surface area contributed by atoms with Crippen molar-refractivity contribution >= 4 is 11.8 Å². The van der Waals surface area contributed by atoms with Gasteiger partial charge >= 0.3 is 0 Å². The first-order chi connectivity index (χ1) is 7.75. The quantitative estimate of drug-likeness (QED) is 0.557. The Bertz CT molecular complexity index is 486. The molecule has 0 aliphatic carbocycles. The highest BCUT2D eigenvalue weighted by Crippen LogP contribution is 2.13. The van der Waals surface area contributed by atoms with E-state index < -0.39 is 0 Å². The summed E-state index contributed by atoms with van der Waals surface area (Å²) in [7, 11) is 0. The largest absolute Gasteiger partial charge is 0.370 e. The minimum absolute atomic E-state index is 0.0661. The van der Waals surface area contributed by atoms with Gasteiger partial charge in [-0.2, -0.15) is 4.99 Å². The van der Waals surface area contributed by atoms with E-state index in [4.69, 9.17) is 11.5 Å². The van der Waals surface area contributed by atoms with Gasteiger partial charge in [0.05, 0.1) is 6.20 Å². The topological polar surface area (TPSA) is 103 Å². The van der Waals surface area contributed by atoms with Crippen LogP contribution in [0.2, 0.25) is 0 Å². The van der Waals surface area contributed by atoms with Gasteiger partial charge < -0.3 is 11.5 Å². The van der Waals surface area contributed by atoms with Crippen LogP contribution in [0.3, 0.4) is 0 Å². The lowest BCUT2D eigenvalue weighted by molar-refractivity contribution is 0.974. The van der Waals surface area contributed by atoms with Gasteiger partial charge in [-0.15, -0.1) is 10.2 Å². The number of nitrogens with zero attached hydrogens (tertiary/aromatic N) is 4. The predicted molar refractivity (Wildman–Crippen MR) is 60.7 cm³/mol. The molecule has 0 saturated heterocycles. The summed E-state index contributed by atoms with van der Waals surface area (Å²) in [4.78, 5) is 7.84. The Balaban J connectivity index is 2.30. The molecule has 0 saturated carbocycles. The molecule has 1 aromatic heterocycles. The van der Waals surface area contributed by atoms with Crippen LogP contribution in [0.15, 0.2) is 41.5 Å². The highest BCUT2D eigenvalue weighted by Gasteiger charge is 2.01. The first kappa shape index (κ1) is 10.0. The van der Waals surface area contributed by atoms with E-state index in [2.05, 4.69) is 20.2 Å². The predicted octanol–water partition coefficient (Wildman–Crippen LogP) is 0.443. The van der Waals surface area contributed by atoms with E-state index in [-0.39, 0.29) is 5.96 Å². The van der Waals surface area contributed by atoms with Crippen molar-refractivity contribution in [3.05, 3.63) is 36.5 Å². The number of guanidine groups is 1. The number of rotatable bonds is 2. The van der Waals surface area contributed by atoms with E-state index >= 15 is 0 Å². The van der Waals surface area contributed by atoms with E-state index in [1.54, 1.807) is 0 Å². The van der Waals surface area contributed by atoms with Crippen molar-refractivity contribution in [2.24, 2.45) is 16.5 Å². The van der Waals surface area contributed by atoms with E-state index in [9.17, 15) is 0 Å². The third-order valence-corrected chi connectivity index (χ3v) is 1.83. The normalized spacial score (nSPS) is 9.75. The van der Waals surface area contributed by atoms with E-state index in [0.29, 0.717) is 11.6 Å². The SMILES string of the molecule is NC(N)=Nc1cnc(-c2ccccc2)nn1. The van der Waals surface area contributed by atoms with Crippen molar-refractivity contribution in [1.29, 1.82) is 0 Å². The molecule has 0 aliphatic rings. The summed E-state index contributed by atoms with van der Waals surface area (Å²) in [6.45, 7) is 0. The van der Waals surface area contributed by atoms with Crippen LogP contribution in [-0.2, 0) is 0 Å². The fourth-order valence-electron chi connectivity index (χ4n) is 1.17. The molecule has 6 heteroatoms. The second-order valence-corrected chi connectivity index (χ2v) is 3.04. The zero-order chi connectivity index (χ0) is 11.4. The molecular weight excluding hydrogens is 204 g/mol. The Morgan fingerprint density at radius 2 is 1.81 bits per heavy atom. The van der Waals surface area contributed by atoms with Gasteiger partial charge in [0.15, 0.2) is 17.6 Å². The fourth-order valence-corrected chi connectivity index (χ4v) is 1.17. The van der Waals surface area contributed by atoms with Crippen LogP contribution < -0.4 is 11.5 Å². The maximum atomic E-state index is 5.21. The number of hydrogen-bond acceptors (Lipinski definition) is 4. The first-order valence-corrected chi connectivity index (χ1v) is 4.60. The lowest BCUT2D eigenvalue weighted by Crippen LogP contribution is -2.22.